The van der Waals surface area contributed by atoms with Crippen LogP contribution in [0.5, 0.6) is 0 Å². The Bertz CT molecular complexity index is 357. The lowest BCUT2D eigenvalue weighted by Gasteiger charge is -1.97. The zero-order valence-corrected chi connectivity index (χ0v) is 9.67. The molecule has 2 unspecified atom stereocenters. The predicted octanol–water partition coefficient (Wildman–Crippen LogP) is 0.792. The fourth-order valence-electron chi connectivity index (χ4n) is 1.68. The van der Waals surface area contributed by atoms with Crippen LogP contribution in [-0.2, 0) is 0 Å². The first-order chi connectivity index (χ1) is 7.99. The Labute approximate surface area is 101 Å². The summed E-state index contributed by atoms with van der Waals surface area (Å²) < 4.78 is 0. The lowest BCUT2D eigenvalue weighted by molar-refractivity contribution is 0.0697. The zero-order chi connectivity index (χ0) is 12.8. The quantitative estimate of drug-likeness (QED) is 0.539. The molecule has 0 heterocycles. The maximum absolute atomic E-state index is 10.3. The number of aromatic carboxylic acids is 1. The number of hydrogen-bond donors (Lipinski definition) is 4. The number of carbonyl (C=O) groups is 1. The van der Waals surface area contributed by atoms with E-state index in [9.17, 15) is 4.79 Å². The van der Waals surface area contributed by atoms with Gasteiger partial charge in [-0.3, -0.25) is 0 Å². The first kappa shape index (κ1) is 13.5. The Morgan fingerprint density at radius 2 is 1.59 bits per heavy atom. The van der Waals surface area contributed by atoms with Crippen LogP contribution in [0, 0.1) is 0 Å². The highest BCUT2D eigenvalue weighted by molar-refractivity contribution is 5.87. The molecule has 0 saturated heterocycles. The molecule has 5 heteroatoms. The minimum Gasteiger partial charge on any atom is -0.478 e. The first-order valence-electron chi connectivity index (χ1n) is 5.59. The van der Waals surface area contributed by atoms with Crippen molar-refractivity contribution in [2.45, 2.75) is 31.3 Å². The third-order valence-corrected chi connectivity index (χ3v) is 2.67. The lowest BCUT2D eigenvalue weighted by Crippen LogP contribution is -2.20. The number of nitrogens with two attached hydrogens (primary N) is 3. The van der Waals surface area contributed by atoms with Crippen molar-refractivity contribution in [3.05, 3.63) is 29.8 Å². The van der Waals surface area contributed by atoms with Gasteiger partial charge in [-0.2, -0.15) is 0 Å². The van der Waals surface area contributed by atoms with Gasteiger partial charge in [-0.1, -0.05) is 0 Å². The lowest BCUT2D eigenvalue weighted by atomic mass is 10.2. The second kappa shape index (κ2) is 6.22. The topological polar surface area (TPSA) is 115 Å². The number of rotatable bonds is 1. The maximum Gasteiger partial charge on any atom is 0.335 e. The summed E-state index contributed by atoms with van der Waals surface area (Å²) >= 11 is 0. The predicted molar refractivity (Wildman–Crippen MR) is 67.6 cm³/mol. The standard InChI is InChI=1S/C7H7NO2.C5H12N2/c8-6-3-1-5(2-4-6)7(9)10;6-4-1-2-5(7)3-4/h1-4H,8H2,(H,9,10);4-5H,1-3,6-7H2. The van der Waals surface area contributed by atoms with Gasteiger partial charge in [-0.15, -0.1) is 0 Å². The molecular weight excluding hydrogens is 218 g/mol. The van der Waals surface area contributed by atoms with E-state index in [1.807, 2.05) is 0 Å². The molecule has 0 radical (unpaired) electrons. The van der Waals surface area contributed by atoms with Crippen LogP contribution in [0.15, 0.2) is 24.3 Å². The van der Waals surface area contributed by atoms with Crippen LogP contribution < -0.4 is 17.2 Å². The molecule has 17 heavy (non-hydrogen) atoms. The van der Waals surface area contributed by atoms with Gasteiger partial charge in [0.05, 0.1) is 5.56 Å². The molecule has 1 saturated carbocycles. The van der Waals surface area contributed by atoms with E-state index in [4.69, 9.17) is 22.3 Å². The Balaban J connectivity index is 0.000000181. The molecule has 7 N–H and O–H groups in total. The van der Waals surface area contributed by atoms with Crippen molar-refractivity contribution in [3.8, 4) is 0 Å². The van der Waals surface area contributed by atoms with Crippen LogP contribution in [-0.4, -0.2) is 23.2 Å². The number of anilines is 1. The van der Waals surface area contributed by atoms with Crippen molar-refractivity contribution in [2.75, 3.05) is 5.73 Å². The Kier molecular flexibility index (Phi) is 4.93. The van der Waals surface area contributed by atoms with Crippen molar-refractivity contribution < 1.29 is 9.90 Å². The van der Waals surface area contributed by atoms with E-state index in [0.717, 1.165) is 19.3 Å². The summed E-state index contributed by atoms with van der Waals surface area (Å²) in [4.78, 5) is 10.3. The number of nitrogen functional groups attached to an aromatic ring is 1. The minimum atomic E-state index is -0.931. The van der Waals surface area contributed by atoms with Crippen molar-refractivity contribution in [1.82, 2.24) is 0 Å². The highest BCUT2D eigenvalue weighted by Crippen LogP contribution is 2.13. The van der Waals surface area contributed by atoms with Crippen LogP contribution in [0.2, 0.25) is 0 Å². The average molecular weight is 237 g/mol. The summed E-state index contributed by atoms with van der Waals surface area (Å²) in [6, 6.07) is 6.85. The summed E-state index contributed by atoms with van der Waals surface area (Å²) in [6.45, 7) is 0. The van der Waals surface area contributed by atoms with Crippen LogP contribution in [0.1, 0.15) is 29.6 Å². The fraction of sp³-hybridized carbons (Fsp3) is 0.417. The largest absolute Gasteiger partial charge is 0.478 e. The highest BCUT2D eigenvalue weighted by Gasteiger charge is 2.16. The SMILES string of the molecule is NC1CCC(N)C1.Nc1ccc(C(=O)O)cc1. The van der Waals surface area contributed by atoms with Crippen LogP contribution >= 0.6 is 0 Å². The van der Waals surface area contributed by atoms with Gasteiger partial charge < -0.3 is 22.3 Å². The van der Waals surface area contributed by atoms with Gasteiger partial charge in [0.25, 0.3) is 0 Å². The van der Waals surface area contributed by atoms with E-state index >= 15 is 0 Å². The molecule has 1 aliphatic carbocycles. The van der Waals surface area contributed by atoms with Gasteiger partial charge >= 0.3 is 5.97 Å². The van der Waals surface area contributed by atoms with E-state index < -0.39 is 5.97 Å². The Morgan fingerprint density at radius 1 is 1.12 bits per heavy atom. The molecule has 94 valence electrons. The van der Waals surface area contributed by atoms with Crippen LogP contribution in [0.25, 0.3) is 0 Å². The van der Waals surface area contributed by atoms with Gasteiger partial charge in [0.15, 0.2) is 0 Å². The van der Waals surface area contributed by atoms with Crippen molar-refractivity contribution in [3.63, 3.8) is 0 Å². The third kappa shape index (κ3) is 4.84. The average Bonchev–Trinajstić information content (AvgIpc) is 2.64. The van der Waals surface area contributed by atoms with Crippen LogP contribution in [0.3, 0.4) is 0 Å². The highest BCUT2D eigenvalue weighted by atomic mass is 16.4. The normalized spacial score (nSPS) is 22.7. The molecule has 0 aliphatic heterocycles. The van der Waals surface area contributed by atoms with E-state index in [1.165, 1.54) is 12.1 Å². The molecule has 0 bridgehead atoms. The van der Waals surface area contributed by atoms with Gasteiger partial charge in [0, 0.05) is 17.8 Å². The molecule has 0 amide bonds. The van der Waals surface area contributed by atoms with Crippen molar-refractivity contribution in [2.24, 2.45) is 11.5 Å². The smallest absolute Gasteiger partial charge is 0.335 e. The third-order valence-electron chi connectivity index (χ3n) is 2.67. The zero-order valence-electron chi connectivity index (χ0n) is 9.67. The van der Waals surface area contributed by atoms with Crippen LogP contribution in [0.4, 0.5) is 5.69 Å². The molecular formula is C12H19N3O2. The molecule has 0 aromatic heterocycles. The summed E-state index contributed by atoms with van der Waals surface area (Å²) in [5, 5.41) is 8.43. The van der Waals surface area contributed by atoms with Gasteiger partial charge in [-0.05, 0) is 43.5 Å². The number of carboxylic acids is 1. The number of hydrogen-bond acceptors (Lipinski definition) is 4. The molecule has 1 fully saturated rings. The van der Waals surface area contributed by atoms with E-state index in [0.29, 0.717) is 17.8 Å². The number of carboxylic acid groups (broad SMARTS) is 1. The fourth-order valence-corrected chi connectivity index (χ4v) is 1.68. The second-order valence-electron chi connectivity index (χ2n) is 4.26. The summed E-state index contributed by atoms with van der Waals surface area (Å²) in [5.74, 6) is -0.931. The maximum atomic E-state index is 10.3. The Hall–Kier alpha value is -1.59. The molecule has 5 nitrogen and oxygen atoms in total. The molecule has 2 atom stereocenters. The molecule has 0 spiro atoms. The number of benzene rings is 1. The molecule has 1 aromatic rings. The molecule has 1 aromatic carbocycles. The molecule has 2 rings (SSSR count). The summed E-state index contributed by atoms with van der Waals surface area (Å²) in [5.41, 5.74) is 17.3. The van der Waals surface area contributed by atoms with Gasteiger partial charge in [0.1, 0.15) is 0 Å². The Morgan fingerprint density at radius 3 is 1.88 bits per heavy atom. The molecule has 1 aliphatic rings. The van der Waals surface area contributed by atoms with Crippen molar-refractivity contribution >= 4 is 11.7 Å². The van der Waals surface area contributed by atoms with Gasteiger partial charge in [-0.25, -0.2) is 4.79 Å². The van der Waals surface area contributed by atoms with E-state index in [1.54, 1.807) is 12.1 Å². The minimum absolute atomic E-state index is 0.259. The van der Waals surface area contributed by atoms with Crippen molar-refractivity contribution in [1.29, 1.82) is 0 Å². The monoisotopic (exact) mass is 237 g/mol. The van der Waals surface area contributed by atoms with Gasteiger partial charge in [0.2, 0.25) is 0 Å². The summed E-state index contributed by atoms with van der Waals surface area (Å²) in [6.07, 6.45) is 3.28. The van der Waals surface area contributed by atoms with E-state index in [-0.39, 0.29) is 5.56 Å². The first-order valence-corrected chi connectivity index (χ1v) is 5.59. The summed E-state index contributed by atoms with van der Waals surface area (Å²) in [7, 11) is 0. The van der Waals surface area contributed by atoms with E-state index in [2.05, 4.69) is 0 Å². The second-order valence-corrected chi connectivity index (χ2v) is 4.26.